The van der Waals surface area contributed by atoms with E-state index in [9.17, 15) is 14.7 Å². The average Bonchev–Trinajstić information content (AvgIpc) is 2.57. The zero-order valence-corrected chi connectivity index (χ0v) is 17.6. The van der Waals surface area contributed by atoms with Crippen LogP contribution in [0, 0.1) is 5.41 Å². The van der Waals surface area contributed by atoms with E-state index in [0.29, 0.717) is 10.7 Å². The van der Waals surface area contributed by atoms with Crippen LogP contribution in [-0.2, 0) is 4.79 Å². The topological polar surface area (TPSA) is 78.4 Å². The number of carbonyl (C=O) groups is 2. The number of carboxylic acid groups (broad SMARTS) is 1. The van der Waals surface area contributed by atoms with Gasteiger partial charge < -0.3 is 15.7 Å². The maximum absolute atomic E-state index is 13.2. The molecule has 0 aliphatic rings. The van der Waals surface area contributed by atoms with E-state index in [1.54, 1.807) is 18.2 Å². The summed E-state index contributed by atoms with van der Waals surface area (Å²) in [6.07, 6.45) is -1.17. The van der Waals surface area contributed by atoms with Crippen molar-refractivity contribution in [1.82, 2.24) is 5.32 Å². The number of anilines is 1. The molecule has 0 saturated carbocycles. The van der Waals surface area contributed by atoms with Crippen molar-refractivity contribution in [2.24, 2.45) is 5.41 Å². The second-order valence-electron chi connectivity index (χ2n) is 7.30. The molecule has 2 atom stereocenters. The molecular formula is C20H22BrClN2O3. The van der Waals surface area contributed by atoms with Crippen LogP contribution in [0.25, 0.3) is 0 Å². The van der Waals surface area contributed by atoms with Gasteiger partial charge in [0.2, 0.25) is 5.91 Å². The summed E-state index contributed by atoms with van der Waals surface area (Å²) in [6, 6.07) is 13.6. The third-order valence-electron chi connectivity index (χ3n) is 4.17. The van der Waals surface area contributed by atoms with Crippen molar-refractivity contribution in [2.75, 3.05) is 5.32 Å². The van der Waals surface area contributed by atoms with E-state index in [-0.39, 0.29) is 5.91 Å². The standard InChI is InChI=1S/C20H22BrClN2O3/c1-20(2,3)17(24-19(26)27)16(12-7-5-4-6-8-12)18(25)23-13-9-10-14(21)15(22)11-13/h4-11,16-17,24H,1-3H3,(H,23,25)(H,26,27). The highest BCUT2D eigenvalue weighted by atomic mass is 79.9. The first-order valence-electron chi connectivity index (χ1n) is 8.40. The molecule has 2 rings (SSSR count). The highest BCUT2D eigenvalue weighted by molar-refractivity contribution is 9.10. The SMILES string of the molecule is CC(C)(C)C(NC(=O)O)C(C(=O)Nc1ccc(Br)c(Cl)c1)c1ccccc1. The summed E-state index contributed by atoms with van der Waals surface area (Å²) in [6.45, 7) is 5.69. The highest BCUT2D eigenvalue weighted by Crippen LogP contribution is 2.34. The Balaban J connectivity index is 2.43. The monoisotopic (exact) mass is 452 g/mol. The number of rotatable bonds is 5. The zero-order valence-electron chi connectivity index (χ0n) is 15.3. The van der Waals surface area contributed by atoms with Crippen molar-refractivity contribution in [3.8, 4) is 0 Å². The molecule has 0 aliphatic carbocycles. The molecule has 144 valence electrons. The molecule has 2 unspecified atom stereocenters. The minimum atomic E-state index is -1.17. The molecule has 0 bridgehead atoms. The molecule has 0 fully saturated rings. The molecule has 2 aromatic rings. The van der Waals surface area contributed by atoms with Gasteiger partial charge in [-0.3, -0.25) is 4.79 Å². The predicted octanol–water partition coefficient (Wildman–Crippen LogP) is 5.51. The number of benzene rings is 2. The lowest BCUT2D eigenvalue weighted by molar-refractivity contribution is -0.118. The van der Waals surface area contributed by atoms with E-state index >= 15 is 0 Å². The Labute approximate surface area is 172 Å². The summed E-state index contributed by atoms with van der Waals surface area (Å²) in [5.41, 5.74) is 0.775. The van der Waals surface area contributed by atoms with Crippen LogP contribution in [-0.4, -0.2) is 23.1 Å². The summed E-state index contributed by atoms with van der Waals surface area (Å²) < 4.78 is 0.724. The van der Waals surface area contributed by atoms with Gasteiger partial charge in [0, 0.05) is 10.2 Å². The first kappa shape index (κ1) is 21.3. The van der Waals surface area contributed by atoms with E-state index in [4.69, 9.17) is 11.6 Å². The van der Waals surface area contributed by atoms with E-state index in [1.807, 2.05) is 51.1 Å². The lowest BCUT2D eigenvalue weighted by atomic mass is 9.75. The molecule has 0 spiro atoms. The van der Waals surface area contributed by atoms with Gasteiger partial charge in [-0.05, 0) is 45.1 Å². The molecule has 5 nitrogen and oxygen atoms in total. The number of hydrogen-bond acceptors (Lipinski definition) is 2. The smallest absolute Gasteiger partial charge is 0.404 e. The molecule has 0 heterocycles. The van der Waals surface area contributed by atoms with Crippen LogP contribution in [0.1, 0.15) is 32.3 Å². The molecule has 0 saturated heterocycles. The molecule has 2 aromatic carbocycles. The van der Waals surface area contributed by atoms with Gasteiger partial charge in [0.15, 0.2) is 0 Å². The maximum atomic E-state index is 13.2. The number of carbonyl (C=O) groups excluding carboxylic acids is 1. The number of amides is 2. The fraction of sp³-hybridized carbons (Fsp3) is 0.300. The zero-order chi connectivity index (χ0) is 20.2. The number of nitrogens with one attached hydrogen (secondary N) is 2. The molecule has 0 radical (unpaired) electrons. The van der Waals surface area contributed by atoms with E-state index in [2.05, 4.69) is 26.6 Å². The van der Waals surface area contributed by atoms with Gasteiger partial charge in [-0.2, -0.15) is 0 Å². The van der Waals surface area contributed by atoms with Crippen molar-refractivity contribution in [3.05, 3.63) is 63.6 Å². The Hall–Kier alpha value is -2.05. The minimum Gasteiger partial charge on any atom is -0.465 e. The van der Waals surface area contributed by atoms with Crippen molar-refractivity contribution in [1.29, 1.82) is 0 Å². The number of halogens is 2. The van der Waals surface area contributed by atoms with Crippen LogP contribution < -0.4 is 10.6 Å². The number of hydrogen-bond donors (Lipinski definition) is 3. The van der Waals surface area contributed by atoms with Crippen LogP contribution in [0.4, 0.5) is 10.5 Å². The quantitative estimate of drug-likeness (QED) is 0.559. The normalized spacial score (nSPS) is 13.5. The van der Waals surface area contributed by atoms with Crippen LogP contribution >= 0.6 is 27.5 Å². The van der Waals surface area contributed by atoms with E-state index in [0.717, 1.165) is 10.0 Å². The average molecular weight is 454 g/mol. The minimum absolute atomic E-state index is 0.312. The van der Waals surface area contributed by atoms with Gasteiger partial charge in [-0.15, -0.1) is 0 Å². The van der Waals surface area contributed by atoms with Gasteiger partial charge in [0.05, 0.1) is 17.0 Å². The Morgan fingerprint density at radius 2 is 1.74 bits per heavy atom. The van der Waals surface area contributed by atoms with Gasteiger partial charge in [-0.1, -0.05) is 62.7 Å². The summed E-state index contributed by atoms with van der Waals surface area (Å²) >= 11 is 9.43. The lowest BCUT2D eigenvalue weighted by Crippen LogP contribution is -2.50. The van der Waals surface area contributed by atoms with Crippen molar-refractivity contribution >= 4 is 45.2 Å². The van der Waals surface area contributed by atoms with Crippen LogP contribution in [0.2, 0.25) is 5.02 Å². The largest absolute Gasteiger partial charge is 0.465 e. The molecule has 7 heteroatoms. The van der Waals surface area contributed by atoms with Crippen molar-refractivity contribution in [3.63, 3.8) is 0 Å². The molecular weight excluding hydrogens is 432 g/mol. The summed E-state index contributed by atoms with van der Waals surface area (Å²) in [4.78, 5) is 24.6. The van der Waals surface area contributed by atoms with Crippen LogP contribution in [0.15, 0.2) is 53.0 Å². The fourth-order valence-electron chi connectivity index (χ4n) is 2.88. The van der Waals surface area contributed by atoms with Crippen LogP contribution in [0.5, 0.6) is 0 Å². The lowest BCUT2D eigenvalue weighted by Gasteiger charge is -2.36. The second-order valence-corrected chi connectivity index (χ2v) is 8.56. The van der Waals surface area contributed by atoms with Crippen molar-refractivity contribution < 1.29 is 14.7 Å². The molecule has 2 amide bonds. The third-order valence-corrected chi connectivity index (χ3v) is 5.41. The van der Waals surface area contributed by atoms with Crippen molar-refractivity contribution in [2.45, 2.75) is 32.7 Å². The van der Waals surface area contributed by atoms with Gasteiger partial charge in [-0.25, -0.2) is 4.79 Å². The van der Waals surface area contributed by atoms with E-state index in [1.165, 1.54) is 0 Å². The first-order valence-corrected chi connectivity index (χ1v) is 9.57. The Kier molecular flexibility index (Phi) is 6.89. The van der Waals surface area contributed by atoms with E-state index < -0.39 is 23.5 Å². The molecule has 0 aliphatic heterocycles. The first-order chi connectivity index (χ1) is 12.6. The Morgan fingerprint density at radius 1 is 1.11 bits per heavy atom. The van der Waals surface area contributed by atoms with Gasteiger partial charge in [0.25, 0.3) is 0 Å². The summed E-state index contributed by atoms with van der Waals surface area (Å²) in [5.74, 6) is -1.03. The Bertz CT molecular complexity index is 822. The summed E-state index contributed by atoms with van der Waals surface area (Å²) in [5, 5.41) is 15.2. The molecule has 0 aromatic heterocycles. The maximum Gasteiger partial charge on any atom is 0.404 e. The van der Waals surface area contributed by atoms with Gasteiger partial charge >= 0.3 is 6.09 Å². The molecule has 27 heavy (non-hydrogen) atoms. The third kappa shape index (κ3) is 5.71. The Morgan fingerprint density at radius 3 is 2.26 bits per heavy atom. The molecule has 3 N–H and O–H groups in total. The predicted molar refractivity (Wildman–Crippen MR) is 111 cm³/mol. The fourth-order valence-corrected chi connectivity index (χ4v) is 3.31. The van der Waals surface area contributed by atoms with Gasteiger partial charge in [0.1, 0.15) is 0 Å². The van der Waals surface area contributed by atoms with Crippen LogP contribution in [0.3, 0.4) is 0 Å². The second kappa shape index (κ2) is 8.76. The summed E-state index contributed by atoms with van der Waals surface area (Å²) in [7, 11) is 0. The highest BCUT2D eigenvalue weighted by Gasteiger charge is 2.39.